The van der Waals surface area contributed by atoms with E-state index in [2.05, 4.69) is 58.1 Å². The van der Waals surface area contributed by atoms with Crippen LogP contribution in [0.25, 0.3) is 0 Å². The predicted molar refractivity (Wildman–Crippen MR) is 106 cm³/mol. The third-order valence-corrected chi connectivity index (χ3v) is 4.92. The number of hydrogen-bond donors (Lipinski definition) is 3. The summed E-state index contributed by atoms with van der Waals surface area (Å²) in [5.74, 6) is 1.89. The highest BCUT2D eigenvalue weighted by Gasteiger charge is 2.29. The molecule has 1 saturated heterocycles. The standard InChI is InChI=1S/C20H31N5O/c1-2-21-20(23-12-11-22-19(26)17-8-9-17)24-14-16-10-13-25(15-16)18-6-4-3-5-7-18/h3-7,16-17H,2,8-15H2,1H3,(H,22,26)(H2,21,23,24). The normalized spacial score (nSPS) is 20.1. The molecule has 1 aromatic carbocycles. The molecule has 1 heterocycles. The number of hydrogen-bond acceptors (Lipinski definition) is 3. The Morgan fingerprint density at radius 1 is 1.12 bits per heavy atom. The van der Waals surface area contributed by atoms with Gasteiger partial charge in [0.05, 0.1) is 0 Å². The van der Waals surface area contributed by atoms with Crippen LogP contribution in [-0.2, 0) is 4.79 Å². The van der Waals surface area contributed by atoms with Crippen LogP contribution in [0.3, 0.4) is 0 Å². The van der Waals surface area contributed by atoms with Gasteiger partial charge < -0.3 is 20.9 Å². The number of aliphatic imine (C=N–C) groups is 1. The van der Waals surface area contributed by atoms with Gasteiger partial charge in [-0.2, -0.15) is 0 Å². The Morgan fingerprint density at radius 2 is 1.88 bits per heavy atom. The Labute approximate surface area is 156 Å². The van der Waals surface area contributed by atoms with Crippen molar-refractivity contribution >= 4 is 17.6 Å². The van der Waals surface area contributed by atoms with Crippen molar-refractivity contribution in [3.63, 3.8) is 0 Å². The molecule has 0 spiro atoms. The van der Waals surface area contributed by atoms with Crippen molar-refractivity contribution in [1.82, 2.24) is 16.0 Å². The van der Waals surface area contributed by atoms with Crippen LogP contribution in [0.4, 0.5) is 5.69 Å². The summed E-state index contributed by atoms with van der Waals surface area (Å²) in [4.78, 5) is 18.8. The highest BCUT2D eigenvalue weighted by Crippen LogP contribution is 2.28. The van der Waals surface area contributed by atoms with Crippen molar-refractivity contribution in [2.24, 2.45) is 16.8 Å². The Kier molecular flexibility index (Phi) is 6.75. The molecule has 3 N–H and O–H groups in total. The first-order valence-electron chi connectivity index (χ1n) is 9.86. The lowest BCUT2D eigenvalue weighted by Crippen LogP contribution is -2.42. The van der Waals surface area contributed by atoms with Crippen molar-refractivity contribution in [1.29, 1.82) is 0 Å². The number of amides is 1. The van der Waals surface area contributed by atoms with Crippen molar-refractivity contribution in [3.05, 3.63) is 30.3 Å². The Balaban J connectivity index is 1.39. The van der Waals surface area contributed by atoms with Gasteiger partial charge in [0, 0.05) is 50.9 Å². The molecule has 6 nitrogen and oxygen atoms in total. The molecule has 1 aromatic rings. The molecule has 1 aliphatic carbocycles. The number of anilines is 1. The average Bonchev–Trinajstić information content (AvgIpc) is 3.42. The third kappa shape index (κ3) is 5.64. The monoisotopic (exact) mass is 357 g/mol. The lowest BCUT2D eigenvalue weighted by molar-refractivity contribution is -0.122. The molecule has 2 fully saturated rings. The zero-order valence-corrected chi connectivity index (χ0v) is 15.7. The molecule has 142 valence electrons. The second-order valence-electron chi connectivity index (χ2n) is 7.15. The van der Waals surface area contributed by atoms with E-state index in [1.54, 1.807) is 0 Å². The van der Waals surface area contributed by atoms with Crippen LogP contribution in [0.2, 0.25) is 0 Å². The summed E-state index contributed by atoms with van der Waals surface area (Å²) in [6.45, 7) is 7.23. The number of benzene rings is 1. The van der Waals surface area contributed by atoms with Gasteiger partial charge in [-0.05, 0) is 44.2 Å². The van der Waals surface area contributed by atoms with Crippen molar-refractivity contribution in [2.45, 2.75) is 26.2 Å². The minimum absolute atomic E-state index is 0.195. The average molecular weight is 358 g/mol. The van der Waals surface area contributed by atoms with E-state index in [0.717, 1.165) is 45.0 Å². The zero-order chi connectivity index (χ0) is 18.2. The maximum atomic E-state index is 11.6. The molecule has 0 aromatic heterocycles. The fourth-order valence-corrected chi connectivity index (χ4v) is 3.27. The van der Waals surface area contributed by atoms with Crippen molar-refractivity contribution < 1.29 is 4.79 Å². The first-order chi connectivity index (χ1) is 12.8. The molecule has 1 unspecified atom stereocenters. The van der Waals surface area contributed by atoms with Crippen LogP contribution < -0.4 is 20.9 Å². The number of guanidine groups is 1. The molecule has 1 saturated carbocycles. The number of carbonyl (C=O) groups is 1. The summed E-state index contributed by atoms with van der Waals surface area (Å²) in [6.07, 6.45) is 3.27. The lowest BCUT2D eigenvalue weighted by atomic mass is 10.1. The van der Waals surface area contributed by atoms with E-state index in [9.17, 15) is 4.79 Å². The molecule has 1 amide bonds. The summed E-state index contributed by atoms with van der Waals surface area (Å²) >= 11 is 0. The molecule has 6 heteroatoms. The maximum absolute atomic E-state index is 11.6. The number of nitrogens with one attached hydrogen (secondary N) is 3. The van der Waals surface area contributed by atoms with Gasteiger partial charge in [-0.25, -0.2) is 0 Å². The van der Waals surface area contributed by atoms with E-state index >= 15 is 0 Å². The van der Waals surface area contributed by atoms with E-state index in [-0.39, 0.29) is 11.8 Å². The Morgan fingerprint density at radius 3 is 2.62 bits per heavy atom. The van der Waals surface area contributed by atoms with E-state index in [1.165, 1.54) is 12.1 Å². The van der Waals surface area contributed by atoms with Crippen LogP contribution in [-0.4, -0.2) is 51.1 Å². The fourth-order valence-electron chi connectivity index (χ4n) is 3.27. The summed E-state index contributed by atoms with van der Waals surface area (Å²) in [6, 6.07) is 10.6. The van der Waals surface area contributed by atoms with Crippen LogP contribution in [0.15, 0.2) is 35.3 Å². The maximum Gasteiger partial charge on any atom is 0.223 e. The highest BCUT2D eigenvalue weighted by atomic mass is 16.2. The first kappa shape index (κ1) is 18.5. The summed E-state index contributed by atoms with van der Waals surface area (Å²) in [5, 5.41) is 9.57. The van der Waals surface area contributed by atoms with Crippen LogP contribution in [0.1, 0.15) is 26.2 Å². The summed E-state index contributed by atoms with van der Waals surface area (Å²) in [5.41, 5.74) is 1.30. The van der Waals surface area contributed by atoms with Gasteiger partial charge >= 0.3 is 0 Å². The molecule has 3 rings (SSSR count). The number of rotatable bonds is 8. The smallest absolute Gasteiger partial charge is 0.223 e. The molecule has 0 radical (unpaired) electrons. The molecule has 1 aliphatic heterocycles. The predicted octanol–water partition coefficient (Wildman–Crippen LogP) is 1.59. The van der Waals surface area contributed by atoms with Crippen LogP contribution in [0, 0.1) is 11.8 Å². The molecule has 1 atom stereocenters. The van der Waals surface area contributed by atoms with Crippen LogP contribution >= 0.6 is 0 Å². The van der Waals surface area contributed by atoms with Gasteiger partial charge in [-0.3, -0.25) is 9.79 Å². The SMILES string of the molecule is CCNC(=NCC1CCN(c2ccccc2)C1)NCCNC(=O)C1CC1. The Bertz CT molecular complexity index is 599. The minimum atomic E-state index is 0.195. The quantitative estimate of drug-likeness (QED) is 0.375. The van der Waals surface area contributed by atoms with E-state index in [4.69, 9.17) is 4.99 Å². The van der Waals surface area contributed by atoms with Gasteiger partial charge in [-0.1, -0.05) is 18.2 Å². The van der Waals surface area contributed by atoms with Gasteiger partial charge in [-0.15, -0.1) is 0 Å². The second-order valence-corrected chi connectivity index (χ2v) is 7.15. The molecular weight excluding hydrogens is 326 g/mol. The molecule has 2 aliphatic rings. The van der Waals surface area contributed by atoms with Gasteiger partial charge in [0.25, 0.3) is 0 Å². The van der Waals surface area contributed by atoms with E-state index in [1.807, 2.05) is 0 Å². The summed E-state index contributed by atoms with van der Waals surface area (Å²) < 4.78 is 0. The Hall–Kier alpha value is -2.24. The largest absolute Gasteiger partial charge is 0.371 e. The number of nitrogens with zero attached hydrogens (tertiary/aromatic N) is 2. The summed E-state index contributed by atoms with van der Waals surface area (Å²) in [7, 11) is 0. The molecular formula is C20H31N5O. The second kappa shape index (κ2) is 9.46. The van der Waals surface area contributed by atoms with E-state index in [0.29, 0.717) is 19.0 Å². The first-order valence-corrected chi connectivity index (χ1v) is 9.86. The lowest BCUT2D eigenvalue weighted by Gasteiger charge is -2.18. The topological polar surface area (TPSA) is 68.8 Å². The third-order valence-electron chi connectivity index (χ3n) is 4.92. The van der Waals surface area contributed by atoms with Gasteiger partial charge in [0.2, 0.25) is 5.91 Å². The minimum Gasteiger partial charge on any atom is -0.371 e. The molecule has 0 bridgehead atoms. The van der Waals surface area contributed by atoms with Crippen LogP contribution in [0.5, 0.6) is 0 Å². The van der Waals surface area contributed by atoms with Crippen molar-refractivity contribution in [3.8, 4) is 0 Å². The van der Waals surface area contributed by atoms with Gasteiger partial charge in [0.1, 0.15) is 0 Å². The molecule has 26 heavy (non-hydrogen) atoms. The fraction of sp³-hybridized carbons (Fsp3) is 0.600. The van der Waals surface area contributed by atoms with Gasteiger partial charge in [0.15, 0.2) is 5.96 Å². The number of carbonyl (C=O) groups excluding carboxylic acids is 1. The highest BCUT2D eigenvalue weighted by molar-refractivity contribution is 5.81. The zero-order valence-electron chi connectivity index (χ0n) is 15.7. The van der Waals surface area contributed by atoms with E-state index < -0.39 is 0 Å². The number of para-hydroxylation sites is 1. The van der Waals surface area contributed by atoms with Crippen molar-refractivity contribution in [2.75, 3.05) is 44.2 Å².